The zero-order valence-corrected chi connectivity index (χ0v) is 7.31. The second-order valence-electron chi connectivity index (χ2n) is 2.57. The molecule has 12 heavy (non-hydrogen) atoms. The fourth-order valence-corrected chi connectivity index (χ4v) is 1.23. The second-order valence-corrected chi connectivity index (χ2v) is 2.57. The summed E-state index contributed by atoms with van der Waals surface area (Å²) in [5.41, 5.74) is 0. The fraction of sp³-hybridized carbons (Fsp3) is 0. The van der Waals surface area contributed by atoms with E-state index >= 15 is 0 Å². The maximum atomic E-state index is 3.28. The van der Waals surface area contributed by atoms with Crippen LogP contribution >= 0.6 is 0 Å². The molecule has 0 bridgehead atoms. The second kappa shape index (κ2) is 3.33. The Morgan fingerprint density at radius 1 is 0.583 bits per heavy atom. The number of rotatable bonds is 0. The van der Waals surface area contributed by atoms with Crippen LogP contribution in [0.15, 0.2) is 24.3 Å². The molecule has 0 nitrogen and oxygen atoms in total. The van der Waals surface area contributed by atoms with Crippen molar-refractivity contribution in [3.8, 4) is 0 Å². The molecule has 0 aliphatic rings. The van der Waals surface area contributed by atoms with Gasteiger partial charge in [0.05, 0.1) is 0 Å². The summed E-state index contributed by atoms with van der Waals surface area (Å²) < 4.78 is 0. The van der Waals surface area contributed by atoms with Gasteiger partial charge in [-0.25, -0.2) is 0 Å². The van der Waals surface area contributed by atoms with Crippen LogP contribution in [0, 0.1) is 12.1 Å². The van der Waals surface area contributed by atoms with Gasteiger partial charge in [0.2, 0.25) is 0 Å². The molecular formula is C10H4Li2. The van der Waals surface area contributed by atoms with E-state index in [2.05, 4.69) is 36.4 Å². The Morgan fingerprint density at radius 3 is 1.00 bits per heavy atom. The summed E-state index contributed by atoms with van der Waals surface area (Å²) in [4.78, 5) is 0. The predicted molar refractivity (Wildman–Crippen MR) is 41.5 cm³/mol. The van der Waals surface area contributed by atoms with Crippen LogP contribution in [0.25, 0.3) is 21.5 Å². The van der Waals surface area contributed by atoms with Crippen molar-refractivity contribution < 1.29 is 37.7 Å². The molecule has 0 spiro atoms. The SMILES string of the molecule is [Li+].[Li+].[c-]1c2ccc2[c-]c2ccc12. The van der Waals surface area contributed by atoms with Crippen molar-refractivity contribution in [2.24, 2.45) is 0 Å². The van der Waals surface area contributed by atoms with Gasteiger partial charge < -0.3 is 0 Å². The van der Waals surface area contributed by atoms with Crippen LogP contribution in [0.4, 0.5) is 0 Å². The Labute approximate surface area is 95.3 Å². The van der Waals surface area contributed by atoms with E-state index in [4.69, 9.17) is 0 Å². The van der Waals surface area contributed by atoms with Gasteiger partial charge in [0, 0.05) is 0 Å². The van der Waals surface area contributed by atoms with Gasteiger partial charge in [-0.3, -0.25) is 0 Å². The van der Waals surface area contributed by atoms with E-state index in [0.717, 1.165) is 0 Å². The summed E-state index contributed by atoms with van der Waals surface area (Å²) in [6, 6.07) is 14.8. The summed E-state index contributed by atoms with van der Waals surface area (Å²) in [5, 5.41) is 4.84. The Hall–Kier alpha value is -0.105. The minimum atomic E-state index is 0. The molecule has 0 saturated heterocycles. The first-order chi connectivity index (χ1) is 4.93. The first-order valence-corrected chi connectivity index (χ1v) is 3.32. The fourth-order valence-electron chi connectivity index (χ4n) is 1.23. The zero-order chi connectivity index (χ0) is 6.55. The molecule has 0 radical (unpaired) electrons. The van der Waals surface area contributed by atoms with Crippen LogP contribution in [-0.2, 0) is 0 Å². The van der Waals surface area contributed by atoms with E-state index < -0.39 is 0 Å². The molecule has 46 valence electrons. The maximum Gasteiger partial charge on any atom is 1.00 e. The summed E-state index contributed by atoms with van der Waals surface area (Å²) >= 11 is 0. The van der Waals surface area contributed by atoms with Gasteiger partial charge in [-0.05, 0) is 0 Å². The Bertz CT molecular complexity index is 377. The molecule has 0 saturated carbocycles. The smallest absolute Gasteiger partial charge is 0.200 e. The normalized spacial score (nSPS) is 10.0. The number of hydrogen-bond acceptors (Lipinski definition) is 0. The number of fused-ring (bicyclic) bond motifs is 2. The maximum absolute atomic E-state index is 3.28. The van der Waals surface area contributed by atoms with Gasteiger partial charge >= 0.3 is 37.7 Å². The van der Waals surface area contributed by atoms with Gasteiger partial charge in [0.15, 0.2) is 0 Å². The minimum absolute atomic E-state index is 0. The van der Waals surface area contributed by atoms with Crippen LogP contribution in [0.2, 0.25) is 0 Å². The van der Waals surface area contributed by atoms with Gasteiger partial charge in [-0.1, -0.05) is 0 Å². The third-order valence-electron chi connectivity index (χ3n) is 1.95. The van der Waals surface area contributed by atoms with Crippen molar-refractivity contribution in [1.82, 2.24) is 0 Å². The summed E-state index contributed by atoms with van der Waals surface area (Å²) in [6.45, 7) is 0. The Kier molecular flexibility index (Phi) is 2.77. The quantitative estimate of drug-likeness (QED) is 0.223. The van der Waals surface area contributed by atoms with E-state index in [-0.39, 0.29) is 37.7 Å². The molecule has 3 aromatic carbocycles. The molecule has 0 N–H and O–H groups in total. The third-order valence-corrected chi connectivity index (χ3v) is 1.95. The van der Waals surface area contributed by atoms with Crippen molar-refractivity contribution in [2.45, 2.75) is 0 Å². The van der Waals surface area contributed by atoms with E-state index in [1.165, 1.54) is 21.5 Å². The molecule has 0 unspecified atom stereocenters. The first kappa shape index (κ1) is 9.98. The van der Waals surface area contributed by atoms with Gasteiger partial charge in [0.1, 0.15) is 0 Å². The largest absolute Gasteiger partial charge is 1.00 e. The van der Waals surface area contributed by atoms with Crippen molar-refractivity contribution in [3.63, 3.8) is 0 Å². The number of hydrogen-bond donors (Lipinski definition) is 0. The van der Waals surface area contributed by atoms with Crippen LogP contribution in [0.1, 0.15) is 0 Å². The molecule has 0 atom stereocenters. The minimum Gasteiger partial charge on any atom is -0.200 e. The van der Waals surface area contributed by atoms with Crippen molar-refractivity contribution in [3.05, 3.63) is 36.4 Å². The Morgan fingerprint density at radius 2 is 0.833 bits per heavy atom. The van der Waals surface area contributed by atoms with E-state index in [1.54, 1.807) is 0 Å². The van der Waals surface area contributed by atoms with Crippen molar-refractivity contribution in [2.75, 3.05) is 0 Å². The molecule has 0 aliphatic heterocycles. The molecule has 0 aromatic heterocycles. The van der Waals surface area contributed by atoms with E-state index in [9.17, 15) is 0 Å². The molecular weight excluding hydrogens is 134 g/mol. The van der Waals surface area contributed by atoms with Crippen LogP contribution in [0.5, 0.6) is 0 Å². The number of benzene rings is 1. The van der Waals surface area contributed by atoms with Crippen molar-refractivity contribution >= 4 is 21.5 Å². The van der Waals surface area contributed by atoms with Gasteiger partial charge in [-0.15, -0.1) is 0 Å². The standard InChI is InChI=1S/C10H4.2Li/c1-2-8-6-10-4-3-9(10)5-7(1)8;;/h1-4H;;/q-2;2*+1. The summed E-state index contributed by atoms with van der Waals surface area (Å²) in [5.74, 6) is 0. The van der Waals surface area contributed by atoms with E-state index in [1.807, 2.05) is 0 Å². The van der Waals surface area contributed by atoms with Gasteiger partial charge in [-0.2, -0.15) is 57.9 Å². The molecule has 0 fully saturated rings. The van der Waals surface area contributed by atoms with Crippen LogP contribution < -0.4 is 37.7 Å². The van der Waals surface area contributed by atoms with Crippen LogP contribution in [0.3, 0.4) is 0 Å². The molecule has 0 amide bonds. The zero-order valence-electron chi connectivity index (χ0n) is 7.31. The topological polar surface area (TPSA) is 0 Å². The van der Waals surface area contributed by atoms with Gasteiger partial charge in [0.25, 0.3) is 0 Å². The van der Waals surface area contributed by atoms with Crippen LogP contribution in [-0.4, -0.2) is 0 Å². The average Bonchev–Trinajstić information content (AvgIpc) is 1.82. The summed E-state index contributed by atoms with van der Waals surface area (Å²) in [6.07, 6.45) is 0. The molecule has 0 aliphatic carbocycles. The summed E-state index contributed by atoms with van der Waals surface area (Å²) in [7, 11) is 0. The molecule has 3 aromatic rings. The predicted octanol–water partition coefficient (Wildman–Crippen LogP) is -3.52. The molecule has 2 heteroatoms. The molecule has 3 rings (SSSR count). The van der Waals surface area contributed by atoms with Crippen molar-refractivity contribution in [1.29, 1.82) is 0 Å². The monoisotopic (exact) mass is 138 g/mol. The Balaban J connectivity index is 0.000000360. The molecule has 0 heterocycles. The average molecular weight is 138 g/mol. The first-order valence-electron chi connectivity index (χ1n) is 3.32. The third kappa shape index (κ3) is 1.17. The van der Waals surface area contributed by atoms with E-state index in [0.29, 0.717) is 0 Å².